The summed E-state index contributed by atoms with van der Waals surface area (Å²) in [5.41, 5.74) is 1.99. The minimum atomic E-state index is -6.49. The standard InChI is InChI=1S/C32H20F7NO2/c1-41-27-10-8-22-7-6-20(18-26(22)25(27)12-15-30(33,34)31(35,36)32(37,38)39)19-42-28-11-9-21-4-2-3-5-24(21)29(28)23-13-16-40-17-14-23/h2-11,13-14,16-18H,19H2,1H3. The Hall–Kier alpha value is -4.78. The largest absolute Gasteiger partial charge is 0.495 e. The monoisotopic (exact) mass is 583 g/mol. The SMILES string of the molecule is COc1ccc2ccc(COc3ccc4ccccc4c3-c3ccncc3)cc2c1C#CC(F)(F)C(F)(F)C(F)(F)F. The van der Waals surface area contributed by atoms with Crippen LogP contribution in [-0.2, 0) is 6.61 Å². The maximum absolute atomic E-state index is 14.0. The molecule has 0 unspecified atom stereocenters. The average Bonchev–Trinajstić information content (AvgIpc) is 2.98. The number of ether oxygens (including phenoxy) is 2. The number of alkyl halides is 7. The molecule has 4 aromatic carbocycles. The predicted molar refractivity (Wildman–Crippen MR) is 145 cm³/mol. The van der Waals surface area contributed by atoms with Crippen LogP contribution in [0.25, 0.3) is 32.7 Å². The van der Waals surface area contributed by atoms with Gasteiger partial charge in [0.25, 0.3) is 0 Å². The Bertz CT molecular complexity index is 1820. The Morgan fingerprint density at radius 1 is 0.738 bits per heavy atom. The fraction of sp³-hybridized carbons (Fsp3) is 0.156. The van der Waals surface area contributed by atoms with Gasteiger partial charge in [0, 0.05) is 23.3 Å². The molecule has 0 bridgehead atoms. The van der Waals surface area contributed by atoms with Crippen LogP contribution in [0.2, 0.25) is 0 Å². The molecular weight excluding hydrogens is 563 g/mol. The number of fused-ring (bicyclic) bond motifs is 2. The normalized spacial score (nSPS) is 12.2. The van der Waals surface area contributed by atoms with Gasteiger partial charge in [0.1, 0.15) is 18.1 Å². The van der Waals surface area contributed by atoms with Crippen molar-refractivity contribution in [2.75, 3.05) is 7.11 Å². The molecule has 3 nitrogen and oxygen atoms in total. The van der Waals surface area contributed by atoms with Gasteiger partial charge in [-0.1, -0.05) is 54.5 Å². The van der Waals surface area contributed by atoms with Gasteiger partial charge in [0.2, 0.25) is 0 Å². The predicted octanol–water partition coefficient (Wildman–Crippen LogP) is 8.83. The van der Waals surface area contributed by atoms with Crippen LogP contribution in [0.4, 0.5) is 30.7 Å². The maximum Gasteiger partial charge on any atom is 0.461 e. The zero-order valence-corrected chi connectivity index (χ0v) is 21.8. The van der Waals surface area contributed by atoms with Crippen molar-refractivity contribution >= 4 is 21.5 Å². The van der Waals surface area contributed by atoms with Gasteiger partial charge in [0.15, 0.2) is 0 Å². The summed E-state index contributed by atoms with van der Waals surface area (Å²) in [6.07, 6.45) is -3.17. The fourth-order valence-electron chi connectivity index (χ4n) is 4.48. The number of rotatable bonds is 6. The topological polar surface area (TPSA) is 31.4 Å². The highest BCUT2D eigenvalue weighted by molar-refractivity contribution is 5.99. The lowest BCUT2D eigenvalue weighted by molar-refractivity contribution is -0.339. The number of nitrogens with zero attached hydrogens (tertiary/aromatic N) is 1. The molecule has 0 aliphatic heterocycles. The van der Waals surface area contributed by atoms with E-state index in [1.54, 1.807) is 30.6 Å². The Morgan fingerprint density at radius 2 is 1.38 bits per heavy atom. The minimum absolute atomic E-state index is 0.0126. The van der Waals surface area contributed by atoms with Crippen LogP contribution in [0.5, 0.6) is 11.5 Å². The van der Waals surface area contributed by atoms with Crippen LogP contribution in [0, 0.1) is 11.8 Å². The van der Waals surface area contributed by atoms with Gasteiger partial charge < -0.3 is 9.47 Å². The average molecular weight is 584 g/mol. The molecule has 5 rings (SSSR count). The number of benzene rings is 4. The first-order valence-corrected chi connectivity index (χ1v) is 12.4. The maximum atomic E-state index is 14.0. The molecule has 0 atom stereocenters. The smallest absolute Gasteiger partial charge is 0.461 e. The van der Waals surface area contributed by atoms with E-state index in [1.165, 1.54) is 19.2 Å². The Labute approximate surface area is 235 Å². The molecule has 0 radical (unpaired) electrons. The number of methoxy groups -OCH3 is 1. The van der Waals surface area contributed by atoms with E-state index in [0.717, 1.165) is 27.8 Å². The van der Waals surface area contributed by atoms with Crippen molar-refractivity contribution in [3.63, 3.8) is 0 Å². The zero-order chi connectivity index (χ0) is 30.1. The number of hydrogen-bond donors (Lipinski definition) is 0. The number of aromatic nitrogens is 1. The molecule has 0 spiro atoms. The van der Waals surface area contributed by atoms with Gasteiger partial charge in [-0.05, 0) is 63.5 Å². The summed E-state index contributed by atoms with van der Waals surface area (Å²) in [7, 11) is 1.20. The van der Waals surface area contributed by atoms with E-state index in [-0.39, 0.29) is 23.3 Å². The third kappa shape index (κ3) is 5.30. The Kier molecular flexibility index (Phi) is 7.45. The van der Waals surface area contributed by atoms with Crippen LogP contribution in [0.1, 0.15) is 11.1 Å². The lowest BCUT2D eigenvalue weighted by Crippen LogP contribution is -2.51. The van der Waals surface area contributed by atoms with E-state index in [4.69, 9.17) is 9.47 Å². The molecule has 10 heteroatoms. The van der Waals surface area contributed by atoms with Crippen LogP contribution < -0.4 is 9.47 Å². The highest BCUT2D eigenvalue weighted by Gasteiger charge is 2.72. The zero-order valence-electron chi connectivity index (χ0n) is 21.8. The molecule has 5 aromatic rings. The van der Waals surface area contributed by atoms with E-state index in [0.29, 0.717) is 16.7 Å². The highest BCUT2D eigenvalue weighted by Crippen LogP contribution is 2.46. The van der Waals surface area contributed by atoms with Crippen LogP contribution in [0.3, 0.4) is 0 Å². The van der Waals surface area contributed by atoms with E-state index in [9.17, 15) is 30.7 Å². The first-order chi connectivity index (χ1) is 19.9. The van der Waals surface area contributed by atoms with Gasteiger partial charge in [-0.3, -0.25) is 4.98 Å². The molecule has 0 amide bonds. The first kappa shape index (κ1) is 28.7. The summed E-state index contributed by atoms with van der Waals surface area (Å²) in [5.74, 6) is -8.89. The summed E-state index contributed by atoms with van der Waals surface area (Å²) in [6.45, 7) is 0.0126. The molecule has 214 valence electrons. The molecule has 1 aromatic heterocycles. The molecule has 0 N–H and O–H groups in total. The summed E-state index contributed by atoms with van der Waals surface area (Å²) >= 11 is 0. The number of halogens is 7. The van der Waals surface area contributed by atoms with Gasteiger partial charge in [-0.15, -0.1) is 0 Å². The van der Waals surface area contributed by atoms with E-state index in [2.05, 4.69) is 4.98 Å². The summed E-state index contributed by atoms with van der Waals surface area (Å²) < 4.78 is 104. The number of pyridine rings is 1. The molecule has 1 heterocycles. The van der Waals surface area contributed by atoms with E-state index in [1.807, 2.05) is 54.5 Å². The second-order valence-electron chi connectivity index (χ2n) is 9.28. The van der Waals surface area contributed by atoms with Gasteiger partial charge >= 0.3 is 18.0 Å². The molecular formula is C32H20F7NO2. The van der Waals surface area contributed by atoms with E-state index < -0.39 is 18.0 Å². The van der Waals surface area contributed by atoms with Crippen molar-refractivity contribution in [1.82, 2.24) is 4.98 Å². The highest BCUT2D eigenvalue weighted by atomic mass is 19.4. The van der Waals surface area contributed by atoms with Crippen molar-refractivity contribution in [1.29, 1.82) is 0 Å². The molecule has 0 saturated heterocycles. The third-order valence-corrected chi connectivity index (χ3v) is 6.62. The van der Waals surface area contributed by atoms with E-state index >= 15 is 0 Å². The van der Waals surface area contributed by atoms with Crippen LogP contribution in [0.15, 0.2) is 91.3 Å². The summed E-state index contributed by atoms with van der Waals surface area (Å²) in [5, 5.41) is 2.61. The van der Waals surface area contributed by atoms with Crippen molar-refractivity contribution in [2.45, 2.75) is 24.6 Å². The second kappa shape index (κ2) is 10.9. The molecule has 0 aliphatic rings. The van der Waals surface area contributed by atoms with Gasteiger partial charge in [-0.2, -0.15) is 30.7 Å². The van der Waals surface area contributed by atoms with Gasteiger partial charge in [0.05, 0.1) is 12.7 Å². The Morgan fingerprint density at radius 3 is 2.07 bits per heavy atom. The lowest BCUT2D eigenvalue weighted by Gasteiger charge is -2.24. The Balaban J connectivity index is 1.54. The molecule has 0 fully saturated rings. The van der Waals surface area contributed by atoms with Gasteiger partial charge in [-0.25, -0.2) is 0 Å². The van der Waals surface area contributed by atoms with Crippen molar-refractivity contribution in [3.8, 4) is 34.5 Å². The fourth-order valence-corrected chi connectivity index (χ4v) is 4.48. The molecule has 0 aliphatic carbocycles. The van der Waals surface area contributed by atoms with Crippen molar-refractivity contribution in [2.24, 2.45) is 0 Å². The van der Waals surface area contributed by atoms with Crippen LogP contribution in [-0.4, -0.2) is 30.1 Å². The molecule has 0 saturated carbocycles. The van der Waals surface area contributed by atoms with Crippen LogP contribution >= 0.6 is 0 Å². The molecule has 42 heavy (non-hydrogen) atoms. The third-order valence-electron chi connectivity index (χ3n) is 6.62. The number of hydrogen-bond acceptors (Lipinski definition) is 3. The summed E-state index contributed by atoms with van der Waals surface area (Å²) in [4.78, 5) is 4.07. The lowest BCUT2D eigenvalue weighted by atomic mass is 9.98. The summed E-state index contributed by atoms with van der Waals surface area (Å²) in [6, 6.07) is 23.0. The van der Waals surface area contributed by atoms with Crippen molar-refractivity contribution in [3.05, 3.63) is 102 Å². The first-order valence-electron chi connectivity index (χ1n) is 12.4. The minimum Gasteiger partial charge on any atom is -0.495 e. The quantitative estimate of drug-likeness (QED) is 0.148. The second-order valence-corrected chi connectivity index (χ2v) is 9.28. The van der Waals surface area contributed by atoms with Crippen molar-refractivity contribution < 1.29 is 40.2 Å².